The summed E-state index contributed by atoms with van der Waals surface area (Å²) in [5.41, 5.74) is 12.8. The van der Waals surface area contributed by atoms with Crippen molar-refractivity contribution in [3.63, 3.8) is 0 Å². The van der Waals surface area contributed by atoms with Crippen molar-refractivity contribution in [1.29, 1.82) is 5.41 Å². The monoisotopic (exact) mass is 444 g/mol. The molecule has 0 fully saturated rings. The Morgan fingerprint density at radius 2 is 1.66 bits per heavy atom. The largest absolute Gasteiger partial charge is 0.384 e. The number of hydrogen-bond donors (Lipinski definition) is 4. The average molecular weight is 445 g/mol. The minimum absolute atomic E-state index is 0.0540. The molecule has 7 heteroatoms. The molecule has 0 bridgehead atoms. The van der Waals surface area contributed by atoms with Gasteiger partial charge in [-0.05, 0) is 47.4 Å². The van der Waals surface area contributed by atoms with Gasteiger partial charge in [0.25, 0.3) is 0 Å². The van der Waals surface area contributed by atoms with Crippen molar-refractivity contribution in [3.05, 3.63) is 101 Å². The van der Waals surface area contributed by atoms with Gasteiger partial charge in [-0.3, -0.25) is 5.41 Å². The van der Waals surface area contributed by atoms with Crippen LogP contribution in [0.4, 0.5) is 0 Å². The van der Waals surface area contributed by atoms with E-state index in [1.54, 1.807) is 12.1 Å². The van der Waals surface area contributed by atoms with Gasteiger partial charge in [0.1, 0.15) is 5.84 Å². The number of primary sulfonamides is 1. The number of aryl methyl sites for hydroxylation is 1. The maximum Gasteiger partial charge on any atom is 0.238 e. The molecule has 4 rings (SSSR count). The van der Waals surface area contributed by atoms with E-state index >= 15 is 0 Å². The molecule has 0 atom stereocenters. The first-order chi connectivity index (χ1) is 15.2. The van der Waals surface area contributed by atoms with Crippen molar-refractivity contribution in [1.82, 2.24) is 4.98 Å². The fraction of sp³-hybridized carbons (Fsp3) is 0.0800. The van der Waals surface area contributed by atoms with Crippen LogP contribution in [0.5, 0.6) is 0 Å². The lowest BCUT2D eigenvalue weighted by molar-refractivity contribution is 0.598. The molecule has 0 saturated heterocycles. The third-order valence-electron chi connectivity index (χ3n) is 5.35. The molecule has 1 heterocycles. The van der Waals surface area contributed by atoms with Crippen molar-refractivity contribution >= 4 is 15.9 Å². The zero-order chi connectivity index (χ0) is 22.9. The normalized spacial score (nSPS) is 11.4. The Labute approximate surface area is 187 Å². The summed E-state index contributed by atoms with van der Waals surface area (Å²) in [5.74, 6) is 0.0540. The van der Waals surface area contributed by atoms with Crippen LogP contribution in [0.1, 0.15) is 22.4 Å². The summed E-state index contributed by atoms with van der Waals surface area (Å²) in [6.07, 6.45) is 2.64. The number of nitrogens with two attached hydrogens (primary N) is 2. The Bertz CT molecular complexity index is 1400. The second-order valence-corrected chi connectivity index (χ2v) is 9.36. The number of H-pyrrole nitrogens is 1. The van der Waals surface area contributed by atoms with Crippen LogP contribution in [-0.4, -0.2) is 19.2 Å². The molecular formula is C25H24N4O2S. The van der Waals surface area contributed by atoms with Crippen LogP contribution in [-0.2, 0) is 16.4 Å². The number of sulfonamides is 1. The summed E-state index contributed by atoms with van der Waals surface area (Å²) >= 11 is 0. The minimum Gasteiger partial charge on any atom is -0.384 e. The highest BCUT2D eigenvalue weighted by atomic mass is 32.2. The number of aromatic amines is 1. The lowest BCUT2D eigenvalue weighted by Crippen LogP contribution is -2.13. The Balaban J connectivity index is 1.59. The highest BCUT2D eigenvalue weighted by molar-refractivity contribution is 7.89. The predicted octanol–water partition coefficient (Wildman–Crippen LogP) is 4.18. The molecule has 1 aromatic heterocycles. The number of rotatable bonds is 6. The molecule has 3 aromatic carbocycles. The number of nitrogens with one attached hydrogen (secondary N) is 2. The van der Waals surface area contributed by atoms with Gasteiger partial charge in [-0.25, -0.2) is 13.6 Å². The standard InChI is InChI=1S/C25H24N4O2S/c1-16-5-10-24(32(28,30)31)23(11-16)19-8-6-18(7-9-19)21-14-22(29-15-21)13-17-3-2-4-20(12-17)25(26)27/h2-12,14-15,29H,13H2,1H3,(H3,26,27)(H2,28,30,31). The van der Waals surface area contributed by atoms with E-state index in [1.807, 2.05) is 67.7 Å². The second kappa shape index (κ2) is 8.45. The summed E-state index contributed by atoms with van der Waals surface area (Å²) in [6.45, 7) is 1.91. The zero-order valence-corrected chi connectivity index (χ0v) is 18.4. The third-order valence-corrected chi connectivity index (χ3v) is 6.32. The van der Waals surface area contributed by atoms with Crippen LogP contribution in [0.3, 0.4) is 0 Å². The number of benzene rings is 3. The maximum atomic E-state index is 12.0. The lowest BCUT2D eigenvalue weighted by Gasteiger charge is -2.10. The van der Waals surface area contributed by atoms with E-state index in [2.05, 4.69) is 11.1 Å². The molecule has 0 radical (unpaired) electrons. The average Bonchev–Trinajstić information content (AvgIpc) is 3.21. The van der Waals surface area contributed by atoms with Gasteiger partial charge in [0, 0.05) is 29.4 Å². The molecule has 0 aliphatic rings. The minimum atomic E-state index is -3.82. The quantitative estimate of drug-likeness (QED) is 0.263. The molecule has 32 heavy (non-hydrogen) atoms. The number of hydrogen-bond acceptors (Lipinski definition) is 3. The topological polar surface area (TPSA) is 126 Å². The number of nitrogen functional groups attached to an aromatic ring is 1. The van der Waals surface area contributed by atoms with Crippen molar-refractivity contribution in [2.45, 2.75) is 18.2 Å². The van der Waals surface area contributed by atoms with Crippen LogP contribution in [0, 0.1) is 12.3 Å². The van der Waals surface area contributed by atoms with Crippen molar-refractivity contribution in [2.24, 2.45) is 10.9 Å². The van der Waals surface area contributed by atoms with Gasteiger partial charge in [-0.15, -0.1) is 0 Å². The van der Waals surface area contributed by atoms with Gasteiger partial charge in [-0.2, -0.15) is 0 Å². The van der Waals surface area contributed by atoms with Crippen LogP contribution in [0.15, 0.2) is 83.9 Å². The van der Waals surface area contributed by atoms with E-state index in [-0.39, 0.29) is 10.7 Å². The molecule has 6 nitrogen and oxygen atoms in total. The highest BCUT2D eigenvalue weighted by Gasteiger charge is 2.15. The van der Waals surface area contributed by atoms with Crippen LogP contribution < -0.4 is 10.9 Å². The van der Waals surface area contributed by atoms with Crippen molar-refractivity contribution in [2.75, 3.05) is 0 Å². The Morgan fingerprint density at radius 3 is 2.34 bits per heavy atom. The first-order valence-electron chi connectivity index (χ1n) is 10.1. The van der Waals surface area contributed by atoms with E-state index in [0.717, 1.165) is 33.5 Å². The number of amidine groups is 1. The fourth-order valence-corrected chi connectivity index (χ4v) is 4.48. The van der Waals surface area contributed by atoms with Gasteiger partial charge in [0.15, 0.2) is 0 Å². The summed E-state index contributed by atoms with van der Waals surface area (Å²) in [4.78, 5) is 3.42. The van der Waals surface area contributed by atoms with Crippen LogP contribution in [0.2, 0.25) is 0 Å². The van der Waals surface area contributed by atoms with Gasteiger partial charge in [-0.1, -0.05) is 60.2 Å². The van der Waals surface area contributed by atoms with Gasteiger partial charge >= 0.3 is 0 Å². The zero-order valence-electron chi connectivity index (χ0n) is 17.6. The third kappa shape index (κ3) is 4.64. The molecule has 6 N–H and O–H groups in total. The first-order valence-corrected chi connectivity index (χ1v) is 11.6. The summed E-state index contributed by atoms with van der Waals surface area (Å²) in [6, 6.07) is 22.6. The van der Waals surface area contributed by atoms with Crippen molar-refractivity contribution < 1.29 is 8.42 Å². The van der Waals surface area contributed by atoms with Crippen LogP contribution in [0.25, 0.3) is 22.3 Å². The van der Waals surface area contributed by atoms with Gasteiger partial charge in [0.2, 0.25) is 10.0 Å². The number of aromatic nitrogens is 1. The smallest absolute Gasteiger partial charge is 0.238 e. The predicted molar refractivity (Wildman–Crippen MR) is 128 cm³/mol. The lowest BCUT2D eigenvalue weighted by atomic mass is 10.00. The molecule has 0 aliphatic carbocycles. The van der Waals surface area contributed by atoms with Crippen LogP contribution >= 0.6 is 0 Å². The van der Waals surface area contributed by atoms with Gasteiger partial charge in [0.05, 0.1) is 4.90 Å². The Hall–Kier alpha value is -3.68. The molecule has 4 aromatic rings. The van der Waals surface area contributed by atoms with E-state index in [0.29, 0.717) is 17.5 Å². The molecule has 0 saturated carbocycles. The summed E-state index contributed by atoms with van der Waals surface area (Å²) < 4.78 is 24.0. The fourth-order valence-electron chi connectivity index (χ4n) is 3.74. The van der Waals surface area contributed by atoms with E-state index < -0.39 is 10.0 Å². The summed E-state index contributed by atoms with van der Waals surface area (Å²) in [7, 11) is -3.82. The Kier molecular flexibility index (Phi) is 5.69. The SMILES string of the molecule is Cc1ccc(S(N)(=O)=O)c(-c2ccc(-c3c[nH]c(Cc4cccc(C(=N)N)c4)c3)cc2)c1. The molecule has 0 amide bonds. The Morgan fingerprint density at radius 1 is 0.938 bits per heavy atom. The molecule has 0 spiro atoms. The van der Waals surface area contributed by atoms with Gasteiger partial charge < -0.3 is 10.7 Å². The van der Waals surface area contributed by atoms with E-state index in [1.165, 1.54) is 0 Å². The molecular weight excluding hydrogens is 420 g/mol. The summed E-state index contributed by atoms with van der Waals surface area (Å²) in [5, 5.41) is 13.0. The molecule has 0 unspecified atom stereocenters. The molecule has 162 valence electrons. The van der Waals surface area contributed by atoms with E-state index in [4.69, 9.17) is 16.3 Å². The van der Waals surface area contributed by atoms with E-state index in [9.17, 15) is 8.42 Å². The first kappa shape index (κ1) is 21.5. The van der Waals surface area contributed by atoms with Crippen molar-refractivity contribution in [3.8, 4) is 22.3 Å². The highest BCUT2D eigenvalue weighted by Crippen LogP contribution is 2.30. The maximum absolute atomic E-state index is 12.0. The molecule has 0 aliphatic heterocycles. The second-order valence-electron chi connectivity index (χ2n) is 7.83.